The van der Waals surface area contributed by atoms with Gasteiger partial charge in [-0.05, 0) is 31.5 Å². The van der Waals surface area contributed by atoms with Crippen LogP contribution >= 0.6 is 23.2 Å². The van der Waals surface area contributed by atoms with Gasteiger partial charge in [-0.1, -0.05) is 29.3 Å². The normalized spacial score (nSPS) is 23.5. The molecule has 0 radical (unpaired) electrons. The summed E-state index contributed by atoms with van der Waals surface area (Å²) in [6.45, 7) is 6.44. The number of hydrogen-bond acceptors (Lipinski definition) is 3. The van der Waals surface area contributed by atoms with Crippen LogP contribution in [0.15, 0.2) is 18.2 Å². The number of aliphatic hydroxyl groups excluding tert-OH is 1. The molecule has 1 fully saturated rings. The van der Waals surface area contributed by atoms with E-state index in [1.807, 2.05) is 32.0 Å². The first-order chi connectivity index (χ1) is 8.89. The quantitative estimate of drug-likeness (QED) is 0.932. The Kier molecular flexibility index (Phi) is 4.75. The highest BCUT2D eigenvalue weighted by Crippen LogP contribution is 2.26. The van der Waals surface area contributed by atoms with E-state index in [9.17, 15) is 5.11 Å². The summed E-state index contributed by atoms with van der Waals surface area (Å²) in [5.74, 6) is 0. The Hall–Kier alpha value is -0.320. The first kappa shape index (κ1) is 15.1. The average Bonchev–Trinajstić information content (AvgIpc) is 2.32. The number of benzene rings is 1. The number of nitrogens with zero attached hydrogens (tertiary/aromatic N) is 1. The van der Waals surface area contributed by atoms with Gasteiger partial charge in [-0.2, -0.15) is 0 Å². The molecule has 1 atom stereocenters. The van der Waals surface area contributed by atoms with Crippen LogP contribution in [0.5, 0.6) is 0 Å². The van der Waals surface area contributed by atoms with Crippen molar-refractivity contribution in [3.63, 3.8) is 0 Å². The van der Waals surface area contributed by atoms with Crippen molar-refractivity contribution in [2.45, 2.75) is 32.1 Å². The Morgan fingerprint density at radius 2 is 2.11 bits per heavy atom. The van der Waals surface area contributed by atoms with Crippen LogP contribution in [-0.4, -0.2) is 41.4 Å². The van der Waals surface area contributed by atoms with Crippen molar-refractivity contribution < 1.29 is 9.84 Å². The number of morpholine rings is 1. The zero-order chi connectivity index (χ0) is 14.0. The summed E-state index contributed by atoms with van der Waals surface area (Å²) in [6.07, 6.45) is -0.133. The fourth-order valence-corrected chi connectivity index (χ4v) is 2.85. The third-order valence-corrected chi connectivity index (χ3v) is 3.88. The van der Waals surface area contributed by atoms with E-state index in [1.54, 1.807) is 0 Å². The molecule has 2 rings (SSSR count). The molecule has 0 aliphatic carbocycles. The summed E-state index contributed by atoms with van der Waals surface area (Å²) < 4.78 is 5.79. The molecule has 0 saturated carbocycles. The lowest BCUT2D eigenvalue weighted by Gasteiger charge is -2.42. The fraction of sp³-hybridized carbons (Fsp3) is 0.571. The summed E-state index contributed by atoms with van der Waals surface area (Å²) in [4.78, 5) is 2.27. The molecule has 1 aromatic rings. The Labute approximate surface area is 124 Å². The van der Waals surface area contributed by atoms with Crippen molar-refractivity contribution >= 4 is 23.2 Å². The lowest BCUT2D eigenvalue weighted by molar-refractivity contribution is -0.150. The van der Waals surface area contributed by atoms with Gasteiger partial charge in [0.2, 0.25) is 0 Å². The van der Waals surface area contributed by atoms with E-state index < -0.39 is 0 Å². The molecule has 5 heteroatoms. The molecule has 3 nitrogen and oxygen atoms in total. The largest absolute Gasteiger partial charge is 0.394 e. The maximum absolute atomic E-state index is 9.30. The molecule has 0 aromatic heterocycles. The number of hydrogen-bond donors (Lipinski definition) is 1. The second kappa shape index (κ2) is 5.98. The molecule has 1 aliphatic heterocycles. The fourth-order valence-electron chi connectivity index (χ4n) is 2.53. The van der Waals surface area contributed by atoms with E-state index in [4.69, 9.17) is 27.9 Å². The third kappa shape index (κ3) is 4.07. The Morgan fingerprint density at radius 3 is 2.74 bits per heavy atom. The van der Waals surface area contributed by atoms with E-state index in [0.717, 1.165) is 25.2 Å². The van der Waals surface area contributed by atoms with Crippen molar-refractivity contribution in [2.24, 2.45) is 0 Å². The van der Waals surface area contributed by atoms with Gasteiger partial charge in [-0.3, -0.25) is 4.90 Å². The van der Waals surface area contributed by atoms with Crippen LogP contribution in [0.4, 0.5) is 0 Å². The van der Waals surface area contributed by atoms with Crippen molar-refractivity contribution in [1.29, 1.82) is 0 Å². The average molecular weight is 304 g/mol. The molecule has 0 bridgehead atoms. The van der Waals surface area contributed by atoms with Gasteiger partial charge in [-0.15, -0.1) is 0 Å². The monoisotopic (exact) mass is 303 g/mol. The predicted molar refractivity (Wildman–Crippen MR) is 77.8 cm³/mol. The first-order valence-electron chi connectivity index (χ1n) is 6.34. The minimum Gasteiger partial charge on any atom is -0.394 e. The third-order valence-electron chi connectivity index (χ3n) is 3.15. The molecular weight excluding hydrogens is 285 g/mol. The van der Waals surface area contributed by atoms with Gasteiger partial charge in [-0.25, -0.2) is 0 Å². The lowest BCUT2D eigenvalue weighted by Crippen LogP contribution is -2.53. The summed E-state index contributed by atoms with van der Waals surface area (Å²) >= 11 is 11.9. The van der Waals surface area contributed by atoms with Gasteiger partial charge in [0.15, 0.2) is 0 Å². The molecular formula is C14H19Cl2NO2. The van der Waals surface area contributed by atoms with Crippen LogP contribution in [0.1, 0.15) is 19.4 Å². The minimum absolute atomic E-state index is 0.0430. The second-order valence-electron chi connectivity index (χ2n) is 5.60. The van der Waals surface area contributed by atoms with Gasteiger partial charge in [0.05, 0.1) is 28.4 Å². The van der Waals surface area contributed by atoms with Gasteiger partial charge in [0.1, 0.15) is 0 Å². The molecule has 0 spiro atoms. The number of halogens is 2. The maximum Gasteiger partial charge on any atom is 0.0940 e. The highest BCUT2D eigenvalue weighted by molar-refractivity contribution is 6.42. The molecule has 1 aliphatic rings. The zero-order valence-electron chi connectivity index (χ0n) is 11.2. The van der Waals surface area contributed by atoms with E-state index in [1.165, 1.54) is 0 Å². The summed E-state index contributed by atoms with van der Waals surface area (Å²) in [6, 6.07) is 5.68. The topological polar surface area (TPSA) is 32.7 Å². The smallest absolute Gasteiger partial charge is 0.0940 e. The molecule has 1 unspecified atom stereocenters. The van der Waals surface area contributed by atoms with Crippen LogP contribution in [0, 0.1) is 0 Å². The van der Waals surface area contributed by atoms with Crippen LogP contribution in [0.3, 0.4) is 0 Å². The maximum atomic E-state index is 9.30. The second-order valence-corrected chi connectivity index (χ2v) is 6.41. The van der Waals surface area contributed by atoms with Crippen LogP contribution < -0.4 is 0 Å². The van der Waals surface area contributed by atoms with E-state index in [-0.39, 0.29) is 18.3 Å². The SMILES string of the molecule is CC1(C)CN(Cc2ccc(Cl)c(Cl)c2)CC(CO)O1. The predicted octanol–water partition coefficient (Wildman–Crippen LogP) is 2.97. The van der Waals surface area contributed by atoms with E-state index >= 15 is 0 Å². The van der Waals surface area contributed by atoms with Crippen molar-refractivity contribution in [3.05, 3.63) is 33.8 Å². The zero-order valence-corrected chi connectivity index (χ0v) is 12.7. The van der Waals surface area contributed by atoms with E-state index in [2.05, 4.69) is 4.90 Å². The number of rotatable bonds is 3. The van der Waals surface area contributed by atoms with Gasteiger partial charge >= 0.3 is 0 Å². The molecule has 1 saturated heterocycles. The summed E-state index contributed by atoms with van der Waals surface area (Å²) in [7, 11) is 0. The molecule has 106 valence electrons. The number of aliphatic hydroxyl groups is 1. The van der Waals surface area contributed by atoms with Gasteiger partial charge < -0.3 is 9.84 Å². The highest BCUT2D eigenvalue weighted by Gasteiger charge is 2.32. The molecule has 0 amide bonds. The van der Waals surface area contributed by atoms with Crippen molar-refractivity contribution in [1.82, 2.24) is 4.90 Å². The van der Waals surface area contributed by atoms with Gasteiger partial charge in [0, 0.05) is 19.6 Å². The van der Waals surface area contributed by atoms with Crippen LogP contribution in [0.2, 0.25) is 10.0 Å². The molecule has 1 aromatic carbocycles. The molecule has 19 heavy (non-hydrogen) atoms. The minimum atomic E-state index is -0.248. The summed E-state index contributed by atoms with van der Waals surface area (Å²) in [5, 5.41) is 10.4. The Bertz CT molecular complexity index is 451. The van der Waals surface area contributed by atoms with Crippen LogP contribution in [0.25, 0.3) is 0 Å². The molecule has 1 heterocycles. The lowest BCUT2D eigenvalue weighted by atomic mass is 10.0. The summed E-state index contributed by atoms with van der Waals surface area (Å²) in [5.41, 5.74) is 0.866. The first-order valence-corrected chi connectivity index (χ1v) is 7.10. The molecule has 1 N–H and O–H groups in total. The Balaban J connectivity index is 2.07. The van der Waals surface area contributed by atoms with Crippen molar-refractivity contribution in [3.8, 4) is 0 Å². The van der Waals surface area contributed by atoms with Gasteiger partial charge in [0.25, 0.3) is 0 Å². The number of ether oxygens (including phenoxy) is 1. The van der Waals surface area contributed by atoms with E-state index in [0.29, 0.717) is 10.0 Å². The van der Waals surface area contributed by atoms with Crippen molar-refractivity contribution in [2.75, 3.05) is 19.7 Å². The highest BCUT2D eigenvalue weighted by atomic mass is 35.5. The van der Waals surface area contributed by atoms with Crippen LogP contribution in [-0.2, 0) is 11.3 Å². The standard InChI is InChI=1S/C14H19Cl2NO2/c1-14(2)9-17(7-11(8-18)19-14)6-10-3-4-12(15)13(16)5-10/h3-5,11,18H,6-9H2,1-2H3. The Morgan fingerprint density at radius 1 is 1.37 bits per heavy atom.